The number of sulfonamides is 1. The largest absolute Gasteiger partial charge is 0.372 e. The lowest BCUT2D eigenvalue weighted by Gasteiger charge is -2.32. The Kier molecular flexibility index (Phi) is 6.86. The van der Waals surface area contributed by atoms with Crippen molar-refractivity contribution in [2.45, 2.75) is 50.4 Å². The van der Waals surface area contributed by atoms with E-state index >= 15 is 0 Å². The highest BCUT2D eigenvalue weighted by molar-refractivity contribution is 7.91. The molecule has 0 aliphatic carbocycles. The Morgan fingerprint density at radius 1 is 1.24 bits per heavy atom. The first-order chi connectivity index (χ1) is 13.8. The summed E-state index contributed by atoms with van der Waals surface area (Å²) in [5, 5.41) is 10.1. The number of hydrogen-bond acceptors (Lipinski definition) is 7. The highest BCUT2D eigenvalue weighted by Gasteiger charge is 2.24. The molecule has 1 aliphatic rings. The van der Waals surface area contributed by atoms with Crippen LogP contribution in [0.3, 0.4) is 0 Å². The molecule has 1 saturated heterocycles. The highest BCUT2D eigenvalue weighted by atomic mass is 32.2. The zero-order valence-electron chi connectivity index (χ0n) is 16.9. The molecule has 158 valence electrons. The second kappa shape index (κ2) is 9.19. The molecule has 0 spiro atoms. The van der Waals surface area contributed by atoms with Crippen molar-refractivity contribution in [1.29, 1.82) is 0 Å². The molecule has 2 aromatic rings. The van der Waals surface area contributed by atoms with Crippen molar-refractivity contribution in [3.8, 4) is 0 Å². The zero-order chi connectivity index (χ0) is 21.0. The van der Waals surface area contributed by atoms with Gasteiger partial charge in [0.15, 0.2) is 0 Å². The summed E-state index contributed by atoms with van der Waals surface area (Å²) in [5.41, 5.74) is 2.03. The lowest BCUT2D eigenvalue weighted by atomic mass is 9.98. The van der Waals surface area contributed by atoms with Crippen molar-refractivity contribution in [1.82, 2.24) is 14.9 Å². The maximum atomic E-state index is 12.6. The monoisotopic (exact) mass is 437 g/mol. The molecule has 1 unspecified atom stereocenters. The maximum absolute atomic E-state index is 12.6. The van der Waals surface area contributed by atoms with E-state index in [0.717, 1.165) is 41.6 Å². The molecule has 29 heavy (non-hydrogen) atoms. The van der Waals surface area contributed by atoms with Gasteiger partial charge in [-0.15, -0.1) is 10.2 Å². The Balaban J connectivity index is 1.64. The van der Waals surface area contributed by atoms with Gasteiger partial charge in [-0.25, -0.2) is 13.1 Å². The van der Waals surface area contributed by atoms with Crippen LogP contribution < -0.4 is 14.9 Å². The van der Waals surface area contributed by atoms with Crippen molar-refractivity contribution >= 4 is 38.1 Å². The van der Waals surface area contributed by atoms with Crippen LogP contribution in [0.4, 0.5) is 10.8 Å². The number of piperidine rings is 1. The van der Waals surface area contributed by atoms with Gasteiger partial charge >= 0.3 is 0 Å². The van der Waals surface area contributed by atoms with E-state index in [1.165, 1.54) is 12.8 Å². The topological polar surface area (TPSA) is 104 Å². The number of carbonyl (C=O) groups excluding carboxylic acids is 1. The van der Waals surface area contributed by atoms with Gasteiger partial charge in [0.25, 0.3) is 10.0 Å². The molecule has 1 aromatic heterocycles. The van der Waals surface area contributed by atoms with Crippen molar-refractivity contribution in [2.75, 3.05) is 23.3 Å². The van der Waals surface area contributed by atoms with Gasteiger partial charge in [0.05, 0.1) is 0 Å². The molecular weight excluding hydrogens is 410 g/mol. The minimum Gasteiger partial charge on any atom is -0.372 e. The van der Waals surface area contributed by atoms with Crippen LogP contribution in [-0.4, -0.2) is 37.6 Å². The molecule has 10 heteroatoms. The van der Waals surface area contributed by atoms with Gasteiger partial charge in [-0.05, 0) is 43.4 Å². The molecule has 2 N–H and O–H groups in total. The summed E-state index contributed by atoms with van der Waals surface area (Å²) in [5.74, 6) is 0.533. The van der Waals surface area contributed by atoms with E-state index in [1.54, 1.807) is 13.8 Å². The number of amides is 1. The fourth-order valence-corrected chi connectivity index (χ4v) is 5.33. The molecule has 0 radical (unpaired) electrons. The molecule has 1 aliphatic heterocycles. The molecule has 0 bridgehead atoms. The van der Waals surface area contributed by atoms with Crippen molar-refractivity contribution in [3.05, 3.63) is 29.8 Å². The number of nitrogens with zero attached hydrogens (tertiary/aromatic N) is 3. The summed E-state index contributed by atoms with van der Waals surface area (Å²) < 4.78 is 27.7. The molecule has 1 amide bonds. The predicted octanol–water partition coefficient (Wildman–Crippen LogP) is 3.16. The molecule has 0 saturated carbocycles. The number of aromatic nitrogens is 2. The molecule has 1 fully saturated rings. The van der Waals surface area contributed by atoms with Crippen molar-refractivity contribution in [3.63, 3.8) is 0 Å². The normalized spacial score (nSPS) is 16.6. The average Bonchev–Trinajstić information content (AvgIpc) is 3.18. The predicted molar refractivity (Wildman–Crippen MR) is 115 cm³/mol. The number of rotatable bonds is 7. The minimum atomic E-state index is -3.83. The minimum absolute atomic E-state index is 0.171. The fraction of sp³-hybridized carbons (Fsp3) is 0.526. The summed E-state index contributed by atoms with van der Waals surface area (Å²) in [6, 6.07) is 7.56. The van der Waals surface area contributed by atoms with E-state index in [2.05, 4.69) is 32.1 Å². The first kappa shape index (κ1) is 21.7. The first-order valence-electron chi connectivity index (χ1n) is 9.79. The number of anilines is 2. The Hall–Kier alpha value is -2.04. The first-order valence-corrected chi connectivity index (χ1v) is 12.1. The quantitative estimate of drug-likeness (QED) is 0.645. The van der Waals surface area contributed by atoms with Crippen molar-refractivity contribution < 1.29 is 13.2 Å². The third-order valence-corrected chi connectivity index (χ3v) is 7.82. The van der Waals surface area contributed by atoms with Crippen molar-refractivity contribution in [2.24, 2.45) is 5.92 Å². The SMILES string of the molecule is CCC(=O)Nc1nnc(S(=O)(=O)NC(C)c2ccc(N3CCC(C)CC3)cc2)s1. The van der Waals surface area contributed by atoms with E-state index in [0.29, 0.717) is 0 Å². The van der Waals surface area contributed by atoms with Gasteiger partial charge < -0.3 is 10.2 Å². The molecule has 3 rings (SSSR count). The smallest absolute Gasteiger partial charge is 0.270 e. The Labute approximate surface area is 175 Å². The lowest BCUT2D eigenvalue weighted by molar-refractivity contribution is -0.115. The Bertz CT molecular complexity index is 935. The average molecular weight is 438 g/mol. The van der Waals surface area contributed by atoms with Gasteiger partial charge in [-0.1, -0.05) is 37.3 Å². The summed E-state index contributed by atoms with van der Waals surface area (Å²) in [7, 11) is -3.83. The van der Waals surface area contributed by atoms with E-state index < -0.39 is 16.1 Å². The van der Waals surface area contributed by atoms with Crippen LogP contribution in [0.1, 0.15) is 51.6 Å². The lowest BCUT2D eigenvalue weighted by Crippen LogP contribution is -2.32. The summed E-state index contributed by atoms with van der Waals surface area (Å²) in [4.78, 5) is 13.8. The van der Waals surface area contributed by atoms with Crippen LogP contribution >= 0.6 is 11.3 Å². The molecule has 1 aromatic carbocycles. The van der Waals surface area contributed by atoms with Crippen LogP contribution in [0.5, 0.6) is 0 Å². The van der Waals surface area contributed by atoms with Gasteiger partial charge in [-0.3, -0.25) is 4.79 Å². The van der Waals surface area contributed by atoms with Crippen LogP contribution in [0, 0.1) is 5.92 Å². The fourth-order valence-electron chi connectivity index (χ4n) is 3.17. The van der Waals surface area contributed by atoms with E-state index in [1.807, 2.05) is 24.3 Å². The Morgan fingerprint density at radius 2 is 1.90 bits per heavy atom. The van der Waals surface area contributed by atoms with Gasteiger partial charge in [-0.2, -0.15) is 0 Å². The summed E-state index contributed by atoms with van der Waals surface area (Å²) in [6.45, 7) is 7.88. The number of nitrogens with one attached hydrogen (secondary N) is 2. The van der Waals surface area contributed by atoms with E-state index in [-0.39, 0.29) is 21.8 Å². The number of hydrogen-bond donors (Lipinski definition) is 2. The summed E-state index contributed by atoms with van der Waals surface area (Å²) in [6.07, 6.45) is 2.67. The second-order valence-electron chi connectivity index (χ2n) is 7.38. The van der Waals surface area contributed by atoms with Gasteiger partial charge in [0, 0.05) is 31.2 Å². The van der Waals surface area contributed by atoms with E-state index in [4.69, 9.17) is 0 Å². The zero-order valence-corrected chi connectivity index (χ0v) is 18.5. The maximum Gasteiger partial charge on any atom is 0.270 e. The van der Waals surface area contributed by atoms with Crippen LogP contribution in [0.2, 0.25) is 0 Å². The molecule has 8 nitrogen and oxygen atoms in total. The standard InChI is InChI=1S/C19H27N5O3S2/c1-4-17(25)20-18-21-22-19(28-18)29(26,27)23-14(3)15-5-7-16(8-6-15)24-11-9-13(2)10-12-24/h5-8,13-14,23H,4,9-12H2,1-3H3,(H,20,21,25). The molecule has 1 atom stereocenters. The van der Waals surface area contributed by atoms with Crippen LogP contribution in [0.15, 0.2) is 28.6 Å². The molecular formula is C19H27N5O3S2. The number of carbonyl (C=O) groups is 1. The molecule has 2 heterocycles. The van der Waals surface area contributed by atoms with E-state index in [9.17, 15) is 13.2 Å². The van der Waals surface area contributed by atoms with Crippen LogP contribution in [-0.2, 0) is 14.8 Å². The van der Waals surface area contributed by atoms with Crippen LogP contribution in [0.25, 0.3) is 0 Å². The Morgan fingerprint density at radius 3 is 2.52 bits per heavy atom. The summed E-state index contributed by atoms with van der Waals surface area (Å²) >= 11 is 0.831. The third-order valence-electron chi connectivity index (χ3n) is 5.08. The third kappa shape index (κ3) is 5.52. The van der Waals surface area contributed by atoms with Gasteiger partial charge in [0.2, 0.25) is 15.4 Å². The van der Waals surface area contributed by atoms with Gasteiger partial charge in [0.1, 0.15) is 0 Å². The second-order valence-corrected chi connectivity index (χ2v) is 10.2. The highest BCUT2D eigenvalue weighted by Crippen LogP contribution is 2.26. The number of benzene rings is 1.